The molecule has 1 aliphatic rings. The smallest absolute Gasteiger partial charge is 0.165 e. The number of hydrogen-bond donors (Lipinski definition) is 1. The second-order valence-electron chi connectivity index (χ2n) is 4.14. The molecule has 0 spiro atoms. The number of pyridine rings is 1. The Morgan fingerprint density at radius 1 is 1.47 bits per heavy atom. The molecule has 90 valence electrons. The third-order valence-electron chi connectivity index (χ3n) is 3.12. The SMILES string of the molecule is COC1CCN(c2ccc(N)c(C#N)n2)CC1. The van der Waals surface area contributed by atoms with Gasteiger partial charge < -0.3 is 15.4 Å². The van der Waals surface area contributed by atoms with Crippen molar-refractivity contribution in [3.8, 4) is 6.07 Å². The van der Waals surface area contributed by atoms with Crippen LogP contribution in [0.1, 0.15) is 18.5 Å². The molecule has 1 aliphatic heterocycles. The average Bonchev–Trinajstić information content (AvgIpc) is 2.39. The highest BCUT2D eigenvalue weighted by molar-refractivity contribution is 5.55. The summed E-state index contributed by atoms with van der Waals surface area (Å²) in [7, 11) is 1.75. The van der Waals surface area contributed by atoms with Crippen LogP contribution in [0.5, 0.6) is 0 Å². The minimum atomic E-state index is 0.302. The van der Waals surface area contributed by atoms with Gasteiger partial charge >= 0.3 is 0 Å². The lowest BCUT2D eigenvalue weighted by Crippen LogP contribution is -2.37. The molecule has 17 heavy (non-hydrogen) atoms. The summed E-state index contributed by atoms with van der Waals surface area (Å²) in [4.78, 5) is 6.43. The number of nitrogen functional groups attached to an aromatic ring is 1. The summed E-state index contributed by atoms with van der Waals surface area (Å²) in [6.45, 7) is 1.81. The highest BCUT2D eigenvalue weighted by atomic mass is 16.5. The summed E-state index contributed by atoms with van der Waals surface area (Å²) in [5.74, 6) is 0.824. The van der Waals surface area contributed by atoms with Crippen molar-refractivity contribution in [1.29, 1.82) is 5.26 Å². The van der Waals surface area contributed by atoms with Crippen molar-refractivity contribution in [3.63, 3.8) is 0 Å². The van der Waals surface area contributed by atoms with Crippen LogP contribution in [0.15, 0.2) is 12.1 Å². The van der Waals surface area contributed by atoms with Crippen molar-refractivity contribution in [1.82, 2.24) is 4.98 Å². The quantitative estimate of drug-likeness (QED) is 0.827. The second kappa shape index (κ2) is 5.02. The zero-order valence-corrected chi connectivity index (χ0v) is 9.89. The second-order valence-corrected chi connectivity index (χ2v) is 4.14. The van der Waals surface area contributed by atoms with E-state index in [1.807, 2.05) is 12.1 Å². The first-order valence-electron chi connectivity index (χ1n) is 5.69. The third kappa shape index (κ3) is 2.48. The van der Waals surface area contributed by atoms with Crippen molar-refractivity contribution < 1.29 is 4.74 Å². The number of nitrogens with two attached hydrogens (primary N) is 1. The Balaban J connectivity index is 2.11. The van der Waals surface area contributed by atoms with E-state index in [1.54, 1.807) is 13.2 Å². The Morgan fingerprint density at radius 3 is 2.76 bits per heavy atom. The summed E-state index contributed by atoms with van der Waals surface area (Å²) in [5.41, 5.74) is 6.39. The van der Waals surface area contributed by atoms with Crippen molar-refractivity contribution in [2.24, 2.45) is 0 Å². The normalized spacial score (nSPS) is 16.8. The number of anilines is 2. The first-order chi connectivity index (χ1) is 8.24. The van der Waals surface area contributed by atoms with Gasteiger partial charge in [-0.3, -0.25) is 0 Å². The molecule has 5 heteroatoms. The van der Waals surface area contributed by atoms with E-state index in [9.17, 15) is 0 Å². The molecule has 0 unspecified atom stereocenters. The van der Waals surface area contributed by atoms with Crippen LogP contribution < -0.4 is 10.6 Å². The van der Waals surface area contributed by atoms with Crippen LogP contribution in [0.4, 0.5) is 11.5 Å². The van der Waals surface area contributed by atoms with E-state index in [0.29, 0.717) is 17.5 Å². The maximum absolute atomic E-state index is 8.89. The predicted molar refractivity (Wildman–Crippen MR) is 65.6 cm³/mol. The fourth-order valence-electron chi connectivity index (χ4n) is 2.05. The largest absolute Gasteiger partial charge is 0.396 e. The molecule has 1 aromatic rings. The fraction of sp³-hybridized carbons (Fsp3) is 0.500. The Hall–Kier alpha value is -1.80. The van der Waals surface area contributed by atoms with Gasteiger partial charge in [-0.15, -0.1) is 0 Å². The number of ether oxygens (including phenoxy) is 1. The van der Waals surface area contributed by atoms with Gasteiger partial charge in [0.05, 0.1) is 11.8 Å². The lowest BCUT2D eigenvalue weighted by atomic mass is 10.1. The predicted octanol–water partition coefficient (Wildman–Crippen LogP) is 1.15. The summed E-state index contributed by atoms with van der Waals surface area (Å²) in [5, 5.41) is 8.89. The molecule has 2 heterocycles. The third-order valence-corrected chi connectivity index (χ3v) is 3.12. The van der Waals surface area contributed by atoms with Gasteiger partial charge in [0.1, 0.15) is 11.9 Å². The van der Waals surface area contributed by atoms with Crippen LogP contribution in [-0.4, -0.2) is 31.3 Å². The average molecular weight is 232 g/mol. The summed E-state index contributed by atoms with van der Waals surface area (Å²) < 4.78 is 5.32. The molecule has 0 bridgehead atoms. The Kier molecular flexibility index (Phi) is 3.45. The van der Waals surface area contributed by atoms with Crippen LogP contribution in [0.3, 0.4) is 0 Å². The van der Waals surface area contributed by atoms with Gasteiger partial charge in [-0.1, -0.05) is 0 Å². The van der Waals surface area contributed by atoms with Gasteiger partial charge in [-0.25, -0.2) is 4.98 Å². The van der Waals surface area contributed by atoms with E-state index in [0.717, 1.165) is 31.7 Å². The number of nitriles is 1. The van der Waals surface area contributed by atoms with Gasteiger partial charge in [-0.2, -0.15) is 5.26 Å². The van der Waals surface area contributed by atoms with E-state index < -0.39 is 0 Å². The number of rotatable bonds is 2. The molecular formula is C12H16N4O. The Bertz CT molecular complexity index is 433. The minimum Gasteiger partial charge on any atom is -0.396 e. The minimum absolute atomic E-state index is 0.302. The van der Waals surface area contributed by atoms with Gasteiger partial charge in [0.25, 0.3) is 0 Å². The van der Waals surface area contributed by atoms with Crippen molar-refractivity contribution in [3.05, 3.63) is 17.8 Å². The highest BCUT2D eigenvalue weighted by Crippen LogP contribution is 2.21. The number of aromatic nitrogens is 1. The molecule has 0 saturated carbocycles. The molecule has 1 fully saturated rings. The van der Waals surface area contributed by atoms with Gasteiger partial charge in [0.15, 0.2) is 5.69 Å². The van der Waals surface area contributed by atoms with Gasteiger partial charge in [0.2, 0.25) is 0 Å². The number of hydrogen-bond acceptors (Lipinski definition) is 5. The first-order valence-corrected chi connectivity index (χ1v) is 5.69. The van der Waals surface area contributed by atoms with E-state index in [2.05, 4.69) is 9.88 Å². The summed E-state index contributed by atoms with van der Waals surface area (Å²) in [6, 6.07) is 5.61. The maximum atomic E-state index is 8.89. The van der Waals surface area contributed by atoms with Gasteiger partial charge in [-0.05, 0) is 25.0 Å². The molecule has 0 amide bonds. The standard InChI is InChI=1S/C12H16N4O/c1-17-9-4-6-16(7-5-9)12-3-2-10(14)11(8-13)15-12/h2-3,9H,4-7,14H2,1H3. The van der Waals surface area contributed by atoms with Crippen LogP contribution in [0.25, 0.3) is 0 Å². The Morgan fingerprint density at radius 2 is 2.18 bits per heavy atom. The number of piperidine rings is 1. The van der Waals surface area contributed by atoms with Gasteiger partial charge in [0, 0.05) is 20.2 Å². The molecule has 2 N–H and O–H groups in total. The lowest BCUT2D eigenvalue weighted by molar-refractivity contribution is 0.0818. The molecule has 5 nitrogen and oxygen atoms in total. The molecule has 0 aliphatic carbocycles. The fourth-order valence-corrected chi connectivity index (χ4v) is 2.05. The highest BCUT2D eigenvalue weighted by Gasteiger charge is 2.20. The van der Waals surface area contributed by atoms with Crippen LogP contribution >= 0.6 is 0 Å². The summed E-state index contributed by atoms with van der Waals surface area (Å²) in [6.07, 6.45) is 2.32. The molecule has 2 rings (SSSR count). The van der Waals surface area contributed by atoms with E-state index in [4.69, 9.17) is 15.7 Å². The summed E-state index contributed by atoms with van der Waals surface area (Å²) >= 11 is 0. The molecule has 1 saturated heterocycles. The maximum Gasteiger partial charge on any atom is 0.165 e. The topological polar surface area (TPSA) is 75.2 Å². The molecular weight excluding hydrogens is 216 g/mol. The van der Waals surface area contributed by atoms with Crippen LogP contribution in [0.2, 0.25) is 0 Å². The molecule has 0 aromatic carbocycles. The van der Waals surface area contributed by atoms with E-state index in [1.165, 1.54) is 0 Å². The zero-order valence-electron chi connectivity index (χ0n) is 9.89. The molecule has 0 atom stereocenters. The molecule has 1 aromatic heterocycles. The lowest BCUT2D eigenvalue weighted by Gasteiger charge is -2.32. The Labute approximate surface area is 101 Å². The first kappa shape index (κ1) is 11.7. The van der Waals surface area contributed by atoms with Crippen LogP contribution in [-0.2, 0) is 4.74 Å². The van der Waals surface area contributed by atoms with E-state index >= 15 is 0 Å². The van der Waals surface area contributed by atoms with Crippen molar-refractivity contribution in [2.45, 2.75) is 18.9 Å². The van der Waals surface area contributed by atoms with E-state index in [-0.39, 0.29) is 0 Å². The number of nitrogens with zero attached hydrogens (tertiary/aromatic N) is 3. The monoisotopic (exact) mass is 232 g/mol. The van der Waals surface area contributed by atoms with Crippen molar-refractivity contribution >= 4 is 11.5 Å². The number of methoxy groups -OCH3 is 1. The molecule has 0 radical (unpaired) electrons. The zero-order chi connectivity index (χ0) is 12.3. The van der Waals surface area contributed by atoms with Crippen molar-refractivity contribution in [2.75, 3.05) is 30.8 Å². The van der Waals surface area contributed by atoms with Crippen LogP contribution in [0, 0.1) is 11.3 Å².